The summed E-state index contributed by atoms with van der Waals surface area (Å²) in [4.78, 5) is 14.6. The number of anilines is 1. The van der Waals surface area contributed by atoms with Crippen molar-refractivity contribution in [2.45, 2.75) is 44.2 Å². The highest BCUT2D eigenvalue weighted by Gasteiger charge is 2.29. The SMILES string of the molecule is O=c1ccc(C2CC2)nn1CC1CCCN1c1nncc2ccccc12. The van der Waals surface area contributed by atoms with Crippen LogP contribution in [0.25, 0.3) is 10.8 Å². The van der Waals surface area contributed by atoms with Gasteiger partial charge in [0.2, 0.25) is 0 Å². The molecule has 2 aromatic heterocycles. The molecule has 1 saturated heterocycles. The Labute approximate surface area is 151 Å². The molecule has 5 rings (SSSR count). The lowest BCUT2D eigenvalue weighted by Crippen LogP contribution is -2.37. The van der Waals surface area contributed by atoms with E-state index in [1.807, 2.05) is 18.2 Å². The van der Waals surface area contributed by atoms with Crippen LogP contribution >= 0.6 is 0 Å². The Balaban J connectivity index is 1.48. The molecule has 0 radical (unpaired) electrons. The van der Waals surface area contributed by atoms with E-state index in [4.69, 9.17) is 0 Å². The summed E-state index contributed by atoms with van der Waals surface area (Å²) in [7, 11) is 0. The minimum Gasteiger partial charge on any atom is -0.350 e. The topological polar surface area (TPSA) is 63.9 Å². The van der Waals surface area contributed by atoms with Gasteiger partial charge in [-0.3, -0.25) is 4.79 Å². The van der Waals surface area contributed by atoms with Crippen LogP contribution < -0.4 is 10.5 Å². The van der Waals surface area contributed by atoms with Crippen molar-refractivity contribution in [3.8, 4) is 0 Å². The van der Waals surface area contributed by atoms with E-state index in [1.165, 1.54) is 12.8 Å². The van der Waals surface area contributed by atoms with E-state index in [9.17, 15) is 4.79 Å². The second kappa shape index (κ2) is 6.20. The number of hydrogen-bond donors (Lipinski definition) is 0. The van der Waals surface area contributed by atoms with Crippen molar-refractivity contribution in [3.63, 3.8) is 0 Å². The van der Waals surface area contributed by atoms with Gasteiger partial charge < -0.3 is 4.90 Å². The van der Waals surface area contributed by atoms with Crippen molar-refractivity contribution >= 4 is 16.6 Å². The van der Waals surface area contributed by atoms with Gasteiger partial charge in [-0.15, -0.1) is 5.10 Å². The zero-order valence-corrected chi connectivity index (χ0v) is 14.6. The first-order chi connectivity index (χ1) is 12.8. The molecule has 0 spiro atoms. The van der Waals surface area contributed by atoms with Gasteiger partial charge in [0, 0.05) is 29.3 Å². The van der Waals surface area contributed by atoms with Gasteiger partial charge in [-0.05, 0) is 31.7 Å². The molecule has 0 bridgehead atoms. The Morgan fingerprint density at radius 3 is 2.85 bits per heavy atom. The molecule has 1 unspecified atom stereocenters. The minimum absolute atomic E-state index is 0.0229. The largest absolute Gasteiger partial charge is 0.350 e. The van der Waals surface area contributed by atoms with Crippen LogP contribution in [0.5, 0.6) is 0 Å². The molecule has 26 heavy (non-hydrogen) atoms. The Morgan fingerprint density at radius 2 is 1.96 bits per heavy atom. The maximum atomic E-state index is 12.3. The van der Waals surface area contributed by atoms with Crippen molar-refractivity contribution in [3.05, 3.63) is 58.6 Å². The average Bonchev–Trinajstić information content (AvgIpc) is 3.42. The summed E-state index contributed by atoms with van der Waals surface area (Å²) in [5.41, 5.74) is 1.03. The lowest BCUT2D eigenvalue weighted by Gasteiger charge is -2.26. The minimum atomic E-state index is -0.0229. The smallest absolute Gasteiger partial charge is 0.266 e. The molecule has 132 valence electrons. The van der Waals surface area contributed by atoms with E-state index < -0.39 is 0 Å². The van der Waals surface area contributed by atoms with Crippen molar-refractivity contribution in [1.82, 2.24) is 20.0 Å². The summed E-state index contributed by atoms with van der Waals surface area (Å²) < 4.78 is 1.65. The number of fused-ring (bicyclic) bond motifs is 1. The van der Waals surface area contributed by atoms with Crippen LogP contribution in [0.1, 0.15) is 37.3 Å². The number of nitrogens with zero attached hydrogens (tertiary/aromatic N) is 5. The third-order valence-electron chi connectivity index (χ3n) is 5.47. The molecule has 2 aliphatic rings. The van der Waals surface area contributed by atoms with Crippen molar-refractivity contribution < 1.29 is 0 Å². The van der Waals surface area contributed by atoms with Gasteiger partial charge in [-0.1, -0.05) is 24.3 Å². The van der Waals surface area contributed by atoms with Gasteiger partial charge in [0.25, 0.3) is 5.56 Å². The van der Waals surface area contributed by atoms with Crippen molar-refractivity contribution in [2.24, 2.45) is 0 Å². The molecule has 6 nitrogen and oxygen atoms in total. The molecule has 0 amide bonds. The summed E-state index contributed by atoms with van der Waals surface area (Å²) in [5.74, 6) is 1.46. The van der Waals surface area contributed by atoms with Crippen LogP contribution in [0, 0.1) is 0 Å². The van der Waals surface area contributed by atoms with Crippen molar-refractivity contribution in [2.75, 3.05) is 11.4 Å². The lowest BCUT2D eigenvalue weighted by molar-refractivity contribution is 0.481. The Bertz CT molecular complexity index is 1010. The molecule has 6 heteroatoms. The molecule has 1 aromatic carbocycles. The van der Waals surface area contributed by atoms with Gasteiger partial charge in [0.1, 0.15) is 0 Å². The van der Waals surface area contributed by atoms with E-state index in [-0.39, 0.29) is 11.6 Å². The molecular weight excluding hydrogens is 326 g/mol. The van der Waals surface area contributed by atoms with Crippen LogP contribution in [0.2, 0.25) is 0 Å². The summed E-state index contributed by atoms with van der Waals surface area (Å²) in [6.45, 7) is 1.54. The van der Waals surface area contributed by atoms with Crippen molar-refractivity contribution in [1.29, 1.82) is 0 Å². The lowest BCUT2D eigenvalue weighted by atomic mass is 10.1. The average molecular weight is 347 g/mol. The Hall–Kier alpha value is -2.76. The molecule has 2 fully saturated rings. The summed E-state index contributed by atoms with van der Waals surface area (Å²) in [5, 5.41) is 15.4. The third-order valence-corrected chi connectivity index (χ3v) is 5.47. The molecule has 1 aliphatic carbocycles. The molecule has 1 aliphatic heterocycles. The molecule has 0 N–H and O–H groups in total. The summed E-state index contributed by atoms with van der Waals surface area (Å²) >= 11 is 0. The van der Waals surface area contributed by atoms with Crippen LogP contribution in [-0.2, 0) is 6.54 Å². The highest BCUT2D eigenvalue weighted by molar-refractivity contribution is 5.91. The van der Waals surface area contributed by atoms with E-state index in [0.717, 1.165) is 41.7 Å². The van der Waals surface area contributed by atoms with E-state index in [1.54, 1.807) is 16.9 Å². The van der Waals surface area contributed by atoms with Crippen LogP contribution in [0.15, 0.2) is 47.4 Å². The van der Waals surface area contributed by atoms with Gasteiger partial charge >= 0.3 is 0 Å². The highest BCUT2D eigenvalue weighted by atomic mass is 16.1. The normalized spacial score (nSPS) is 20.0. The number of aromatic nitrogens is 4. The molecule has 1 atom stereocenters. The highest BCUT2D eigenvalue weighted by Crippen LogP contribution is 2.38. The van der Waals surface area contributed by atoms with Gasteiger partial charge in [-0.25, -0.2) is 4.68 Å². The van der Waals surface area contributed by atoms with Gasteiger partial charge in [0.15, 0.2) is 5.82 Å². The zero-order chi connectivity index (χ0) is 17.5. The summed E-state index contributed by atoms with van der Waals surface area (Å²) in [6, 6.07) is 12.0. The van der Waals surface area contributed by atoms with Gasteiger partial charge in [0.05, 0.1) is 24.5 Å². The third kappa shape index (κ3) is 2.75. The second-order valence-corrected chi connectivity index (χ2v) is 7.30. The number of rotatable bonds is 4. The fourth-order valence-corrected chi connectivity index (χ4v) is 3.92. The van der Waals surface area contributed by atoms with Crippen LogP contribution in [-0.4, -0.2) is 32.6 Å². The van der Waals surface area contributed by atoms with E-state index >= 15 is 0 Å². The summed E-state index contributed by atoms with van der Waals surface area (Å²) in [6.07, 6.45) is 6.30. The van der Waals surface area contributed by atoms with Crippen LogP contribution in [0.3, 0.4) is 0 Å². The van der Waals surface area contributed by atoms with Gasteiger partial charge in [-0.2, -0.15) is 10.2 Å². The zero-order valence-electron chi connectivity index (χ0n) is 14.6. The molecule has 3 aromatic rings. The second-order valence-electron chi connectivity index (χ2n) is 7.30. The predicted octanol–water partition coefficient (Wildman–Crippen LogP) is 2.73. The Morgan fingerprint density at radius 1 is 1.08 bits per heavy atom. The monoisotopic (exact) mass is 347 g/mol. The quantitative estimate of drug-likeness (QED) is 0.726. The fourth-order valence-electron chi connectivity index (χ4n) is 3.92. The number of hydrogen-bond acceptors (Lipinski definition) is 5. The first-order valence-electron chi connectivity index (χ1n) is 9.35. The predicted molar refractivity (Wildman–Crippen MR) is 100 cm³/mol. The Kier molecular flexibility index (Phi) is 3.69. The number of benzene rings is 1. The van der Waals surface area contributed by atoms with E-state index in [2.05, 4.69) is 32.3 Å². The van der Waals surface area contributed by atoms with Crippen LogP contribution in [0.4, 0.5) is 5.82 Å². The molecule has 3 heterocycles. The maximum Gasteiger partial charge on any atom is 0.266 e. The molecule has 1 saturated carbocycles. The fraction of sp³-hybridized carbons (Fsp3) is 0.400. The standard InChI is InChI=1S/C20H21N5O/c26-19-10-9-18(14-7-8-14)23-25(19)13-16-5-3-11-24(16)20-17-6-2-1-4-15(17)12-21-22-20/h1-2,4,6,9-10,12,14,16H,3,5,7-8,11,13H2. The van der Waals surface area contributed by atoms with E-state index in [0.29, 0.717) is 12.5 Å². The molecular formula is C20H21N5O. The maximum absolute atomic E-state index is 12.3. The first-order valence-corrected chi connectivity index (χ1v) is 9.35. The first kappa shape index (κ1) is 15.5.